The van der Waals surface area contributed by atoms with Gasteiger partial charge in [0.15, 0.2) is 0 Å². The molecule has 3 nitrogen and oxygen atoms in total. The Hall–Kier alpha value is -1.35. The standard InChI is InChI=1S/C18H28N2O/c1-4-9-15(14-10-6-5-7-11-14)20-17(21)16-18(2,3)12-8-13-19-16/h5-7,10-11,15-16,19H,4,8-9,12-13H2,1-3H3,(H,20,21). The fourth-order valence-corrected chi connectivity index (χ4v) is 3.21. The van der Waals surface area contributed by atoms with Crippen molar-refractivity contribution in [2.45, 2.75) is 58.5 Å². The highest BCUT2D eigenvalue weighted by Crippen LogP contribution is 2.31. The fraction of sp³-hybridized carbons (Fsp3) is 0.611. The molecule has 0 saturated carbocycles. The van der Waals surface area contributed by atoms with Crippen LogP contribution in [0.4, 0.5) is 0 Å². The maximum atomic E-state index is 12.7. The topological polar surface area (TPSA) is 41.1 Å². The molecule has 0 spiro atoms. The van der Waals surface area contributed by atoms with E-state index in [1.807, 2.05) is 18.2 Å². The first-order valence-electron chi connectivity index (χ1n) is 8.13. The van der Waals surface area contributed by atoms with Gasteiger partial charge >= 0.3 is 0 Å². The van der Waals surface area contributed by atoms with Gasteiger partial charge in [0.2, 0.25) is 5.91 Å². The third kappa shape index (κ3) is 4.07. The highest BCUT2D eigenvalue weighted by molar-refractivity contribution is 5.83. The number of amides is 1. The summed E-state index contributed by atoms with van der Waals surface area (Å²) in [6.07, 6.45) is 4.28. The molecule has 2 atom stereocenters. The Kier molecular flexibility index (Phi) is 5.40. The van der Waals surface area contributed by atoms with Crippen molar-refractivity contribution >= 4 is 5.91 Å². The zero-order valence-electron chi connectivity index (χ0n) is 13.5. The van der Waals surface area contributed by atoms with Crippen molar-refractivity contribution in [1.82, 2.24) is 10.6 Å². The van der Waals surface area contributed by atoms with Gasteiger partial charge in [-0.2, -0.15) is 0 Å². The Labute approximate surface area is 128 Å². The van der Waals surface area contributed by atoms with Gasteiger partial charge in [0, 0.05) is 0 Å². The Balaban J connectivity index is 2.08. The van der Waals surface area contributed by atoms with Crippen molar-refractivity contribution in [3.05, 3.63) is 35.9 Å². The largest absolute Gasteiger partial charge is 0.348 e. The lowest BCUT2D eigenvalue weighted by molar-refractivity contribution is -0.127. The first-order valence-corrected chi connectivity index (χ1v) is 8.13. The number of benzene rings is 1. The molecular formula is C18H28N2O. The average Bonchev–Trinajstić information content (AvgIpc) is 2.47. The molecule has 0 aliphatic carbocycles. The van der Waals surface area contributed by atoms with Crippen molar-refractivity contribution in [2.75, 3.05) is 6.54 Å². The maximum absolute atomic E-state index is 12.7. The van der Waals surface area contributed by atoms with E-state index in [4.69, 9.17) is 0 Å². The lowest BCUT2D eigenvalue weighted by Gasteiger charge is -2.39. The van der Waals surface area contributed by atoms with E-state index in [-0.39, 0.29) is 23.4 Å². The van der Waals surface area contributed by atoms with Gasteiger partial charge in [-0.05, 0) is 36.8 Å². The van der Waals surface area contributed by atoms with Crippen LogP contribution < -0.4 is 10.6 Å². The van der Waals surface area contributed by atoms with Crippen LogP contribution in [0, 0.1) is 5.41 Å². The normalized spacial score (nSPS) is 22.5. The van der Waals surface area contributed by atoms with Crippen LogP contribution in [0.15, 0.2) is 30.3 Å². The number of rotatable bonds is 5. The third-order valence-electron chi connectivity index (χ3n) is 4.49. The Morgan fingerprint density at radius 1 is 1.38 bits per heavy atom. The molecular weight excluding hydrogens is 260 g/mol. The van der Waals surface area contributed by atoms with Crippen molar-refractivity contribution in [1.29, 1.82) is 0 Å². The van der Waals surface area contributed by atoms with Crippen molar-refractivity contribution in [2.24, 2.45) is 5.41 Å². The van der Waals surface area contributed by atoms with E-state index >= 15 is 0 Å². The fourth-order valence-electron chi connectivity index (χ4n) is 3.21. The summed E-state index contributed by atoms with van der Waals surface area (Å²) in [5.41, 5.74) is 1.22. The van der Waals surface area contributed by atoms with Gasteiger partial charge in [-0.15, -0.1) is 0 Å². The van der Waals surface area contributed by atoms with Crippen molar-refractivity contribution in [3.8, 4) is 0 Å². The van der Waals surface area contributed by atoms with Gasteiger partial charge in [0.25, 0.3) is 0 Å². The van der Waals surface area contributed by atoms with E-state index in [1.54, 1.807) is 0 Å². The van der Waals surface area contributed by atoms with E-state index < -0.39 is 0 Å². The predicted molar refractivity (Wildman–Crippen MR) is 87.0 cm³/mol. The zero-order chi connectivity index (χ0) is 15.3. The van der Waals surface area contributed by atoms with E-state index in [9.17, 15) is 4.79 Å². The molecule has 1 saturated heterocycles. The highest BCUT2D eigenvalue weighted by atomic mass is 16.2. The SMILES string of the molecule is CCCC(NC(=O)C1NCCCC1(C)C)c1ccccc1. The first-order chi connectivity index (χ1) is 10.0. The number of carbonyl (C=O) groups excluding carboxylic acids is 1. The van der Waals surface area contributed by atoms with Gasteiger partial charge in [-0.25, -0.2) is 0 Å². The van der Waals surface area contributed by atoms with Gasteiger partial charge < -0.3 is 10.6 Å². The third-order valence-corrected chi connectivity index (χ3v) is 4.49. The average molecular weight is 288 g/mol. The van der Waals surface area contributed by atoms with E-state index in [2.05, 4.69) is 43.5 Å². The number of hydrogen-bond acceptors (Lipinski definition) is 2. The molecule has 1 aromatic rings. The second-order valence-corrected chi connectivity index (χ2v) is 6.74. The minimum atomic E-state index is -0.0886. The Bertz CT molecular complexity index is 456. The molecule has 116 valence electrons. The molecule has 0 radical (unpaired) electrons. The zero-order valence-corrected chi connectivity index (χ0v) is 13.5. The Morgan fingerprint density at radius 3 is 2.71 bits per heavy atom. The molecule has 21 heavy (non-hydrogen) atoms. The van der Waals surface area contributed by atoms with Gasteiger partial charge in [-0.3, -0.25) is 4.79 Å². The molecule has 2 rings (SSSR count). The minimum absolute atomic E-state index is 0.0236. The summed E-state index contributed by atoms with van der Waals surface area (Å²) in [7, 11) is 0. The molecule has 1 amide bonds. The Morgan fingerprint density at radius 2 is 2.10 bits per heavy atom. The molecule has 0 bridgehead atoms. The summed E-state index contributed by atoms with van der Waals surface area (Å²) >= 11 is 0. The molecule has 1 fully saturated rings. The summed E-state index contributed by atoms with van der Waals surface area (Å²) in [5.74, 6) is 0.141. The first kappa shape index (κ1) is 16.0. The van der Waals surface area contributed by atoms with Crippen LogP contribution in [0.5, 0.6) is 0 Å². The van der Waals surface area contributed by atoms with Gasteiger partial charge in [0.05, 0.1) is 12.1 Å². The summed E-state index contributed by atoms with van der Waals surface area (Å²) in [6, 6.07) is 10.3. The van der Waals surface area contributed by atoms with Crippen molar-refractivity contribution < 1.29 is 4.79 Å². The second-order valence-electron chi connectivity index (χ2n) is 6.74. The van der Waals surface area contributed by atoms with Crippen LogP contribution in [0.25, 0.3) is 0 Å². The smallest absolute Gasteiger partial charge is 0.238 e. The summed E-state index contributed by atoms with van der Waals surface area (Å²) in [6.45, 7) is 7.46. The van der Waals surface area contributed by atoms with Crippen LogP contribution in [0.3, 0.4) is 0 Å². The summed E-state index contributed by atoms with van der Waals surface area (Å²) in [5, 5.41) is 6.65. The lowest BCUT2D eigenvalue weighted by Crippen LogP contribution is -2.56. The molecule has 1 aliphatic rings. The number of nitrogens with one attached hydrogen (secondary N) is 2. The number of hydrogen-bond donors (Lipinski definition) is 2. The second kappa shape index (κ2) is 7.08. The van der Waals surface area contributed by atoms with E-state index in [1.165, 1.54) is 5.56 Å². The monoisotopic (exact) mass is 288 g/mol. The van der Waals surface area contributed by atoms with Crippen LogP contribution in [-0.4, -0.2) is 18.5 Å². The number of piperidine rings is 1. The predicted octanol–water partition coefficient (Wildman–Crippen LogP) is 3.42. The summed E-state index contributed by atoms with van der Waals surface area (Å²) < 4.78 is 0. The molecule has 2 unspecified atom stereocenters. The molecule has 1 aromatic carbocycles. The minimum Gasteiger partial charge on any atom is -0.348 e. The van der Waals surface area contributed by atoms with Crippen LogP contribution in [0.2, 0.25) is 0 Å². The van der Waals surface area contributed by atoms with Crippen molar-refractivity contribution in [3.63, 3.8) is 0 Å². The molecule has 1 aliphatic heterocycles. The lowest BCUT2D eigenvalue weighted by atomic mass is 9.77. The quantitative estimate of drug-likeness (QED) is 0.871. The molecule has 1 heterocycles. The van der Waals surface area contributed by atoms with Gasteiger partial charge in [0.1, 0.15) is 0 Å². The number of carbonyl (C=O) groups is 1. The van der Waals surface area contributed by atoms with Crippen LogP contribution in [-0.2, 0) is 4.79 Å². The van der Waals surface area contributed by atoms with Crippen LogP contribution in [0.1, 0.15) is 58.1 Å². The highest BCUT2D eigenvalue weighted by Gasteiger charge is 2.37. The molecule has 3 heteroatoms. The van der Waals surface area contributed by atoms with E-state index in [0.29, 0.717) is 0 Å². The van der Waals surface area contributed by atoms with Gasteiger partial charge in [-0.1, -0.05) is 57.5 Å². The summed E-state index contributed by atoms with van der Waals surface area (Å²) in [4.78, 5) is 12.7. The van der Waals surface area contributed by atoms with E-state index in [0.717, 1.165) is 32.2 Å². The molecule has 2 N–H and O–H groups in total. The van der Waals surface area contributed by atoms with Crippen LogP contribution >= 0.6 is 0 Å². The maximum Gasteiger partial charge on any atom is 0.238 e. The molecule has 0 aromatic heterocycles.